The van der Waals surface area contributed by atoms with Gasteiger partial charge in [-0.2, -0.15) is 69.5 Å². The third-order valence-corrected chi connectivity index (χ3v) is 7.74. The van der Waals surface area contributed by atoms with E-state index in [2.05, 4.69) is 0 Å². The molecule has 0 spiro atoms. The zero-order valence-electron chi connectivity index (χ0n) is 16.3. The van der Waals surface area contributed by atoms with Crippen molar-refractivity contribution in [2.45, 2.75) is 34.5 Å². The lowest BCUT2D eigenvalue weighted by Gasteiger charge is -2.13. The maximum Gasteiger partial charge on any atom is 0.456 e. The summed E-state index contributed by atoms with van der Waals surface area (Å²) in [6, 6.07) is -3.52. The van der Waals surface area contributed by atoms with E-state index in [4.69, 9.17) is 0 Å². The topological polar surface area (TPSA) is 88.4 Å². The molecule has 0 radical (unpaired) electrons. The first-order valence-electron chi connectivity index (χ1n) is 8.35. The summed E-state index contributed by atoms with van der Waals surface area (Å²) in [5, 5.41) is 0. The van der Waals surface area contributed by atoms with Crippen LogP contribution >= 0.6 is 0 Å². The number of nitrogens with zero attached hydrogens (tertiary/aromatic N) is 1. The standard InChI is InChI=1S/C16H6F12NO5S2/c17-13(18,19)7-1-8(14(20,21)22)4-11(3-7)35(31,32)29(30)36(33,34)12-5-9(15(23,24)25)2-10(6-12)16(26,27)28/h1-6H/q+1. The van der Waals surface area contributed by atoms with Crippen molar-refractivity contribution in [1.29, 1.82) is 0 Å². The number of alkyl halides is 12. The normalized spacial score (nSPS) is 14.1. The zero-order valence-corrected chi connectivity index (χ0v) is 17.9. The molecular weight excluding hydrogens is 578 g/mol. The smallest absolute Gasteiger partial charge is 0.166 e. The molecule has 20 heteroatoms. The van der Waals surface area contributed by atoms with E-state index in [1.54, 1.807) is 0 Å². The molecule has 0 N–H and O–H groups in total. The van der Waals surface area contributed by atoms with Gasteiger partial charge < -0.3 is 0 Å². The Hall–Kier alpha value is -2.90. The molecule has 2 aromatic carbocycles. The van der Waals surface area contributed by atoms with E-state index in [9.17, 15) is 74.4 Å². The van der Waals surface area contributed by atoms with Crippen LogP contribution in [0.4, 0.5) is 52.7 Å². The summed E-state index contributed by atoms with van der Waals surface area (Å²) in [6.07, 6.45) is -22.7. The van der Waals surface area contributed by atoms with Crippen molar-refractivity contribution in [3.8, 4) is 0 Å². The van der Waals surface area contributed by atoms with Gasteiger partial charge >= 0.3 is 44.8 Å². The highest BCUT2D eigenvalue weighted by molar-refractivity contribution is 7.97. The lowest BCUT2D eigenvalue weighted by atomic mass is 10.1. The Kier molecular flexibility index (Phi) is 7.00. The van der Waals surface area contributed by atoms with Crippen LogP contribution in [-0.4, -0.2) is 20.4 Å². The molecule has 6 nitrogen and oxygen atoms in total. The third kappa shape index (κ3) is 5.90. The zero-order chi connectivity index (χ0) is 28.3. The van der Waals surface area contributed by atoms with E-state index in [0.29, 0.717) is 0 Å². The summed E-state index contributed by atoms with van der Waals surface area (Å²) in [4.78, 5) is 7.71. The molecule has 0 saturated heterocycles. The Morgan fingerprint density at radius 1 is 0.444 bits per heavy atom. The van der Waals surface area contributed by atoms with Gasteiger partial charge in [0.25, 0.3) is 3.57 Å². The molecule has 0 heterocycles. The lowest BCUT2D eigenvalue weighted by molar-refractivity contribution is -0.204. The number of hydrogen-bond acceptors (Lipinski definition) is 5. The quantitative estimate of drug-likeness (QED) is 0.344. The summed E-state index contributed by atoms with van der Waals surface area (Å²) in [6.45, 7) is 0. The molecule has 0 bridgehead atoms. The highest BCUT2D eigenvalue weighted by Crippen LogP contribution is 2.40. The predicted molar refractivity (Wildman–Crippen MR) is 90.9 cm³/mol. The molecule has 2 rings (SSSR count). The van der Waals surface area contributed by atoms with Crippen LogP contribution in [0.5, 0.6) is 0 Å². The number of rotatable bonds is 4. The maximum absolute atomic E-state index is 13.0. The Morgan fingerprint density at radius 2 is 0.639 bits per heavy atom. The van der Waals surface area contributed by atoms with E-state index in [-0.39, 0.29) is 0 Å². The van der Waals surface area contributed by atoms with Gasteiger partial charge in [-0.25, -0.2) is 0 Å². The molecule has 0 amide bonds. The van der Waals surface area contributed by atoms with Crippen LogP contribution in [0.25, 0.3) is 0 Å². The largest absolute Gasteiger partial charge is 0.456 e. The number of sulfonamides is 2. The molecule has 0 aromatic heterocycles. The monoisotopic (exact) mass is 584 g/mol. The number of benzene rings is 2. The fourth-order valence-electron chi connectivity index (χ4n) is 2.45. The van der Waals surface area contributed by atoms with Crippen molar-refractivity contribution in [1.82, 2.24) is 0 Å². The average Bonchev–Trinajstić information content (AvgIpc) is 2.69. The number of halogens is 12. The van der Waals surface area contributed by atoms with Crippen LogP contribution in [0.2, 0.25) is 0 Å². The van der Waals surface area contributed by atoms with Crippen LogP contribution in [0.3, 0.4) is 0 Å². The van der Waals surface area contributed by atoms with E-state index >= 15 is 0 Å². The molecule has 200 valence electrons. The van der Waals surface area contributed by atoms with Gasteiger partial charge in [-0.3, -0.25) is 0 Å². The van der Waals surface area contributed by atoms with E-state index in [1.165, 1.54) is 0 Å². The number of nitroso groups, excluding NO2 is 1. The van der Waals surface area contributed by atoms with Gasteiger partial charge in [0, 0.05) is 0 Å². The summed E-state index contributed by atoms with van der Waals surface area (Å²) in [7, 11) is -13.0. The first kappa shape index (κ1) is 29.3. The summed E-state index contributed by atoms with van der Waals surface area (Å²) in [5.41, 5.74) is -9.28. The molecule has 36 heavy (non-hydrogen) atoms. The second kappa shape index (κ2) is 8.60. The van der Waals surface area contributed by atoms with Crippen molar-refractivity contribution in [2.75, 3.05) is 0 Å². The number of hydrogen-bond donors (Lipinski definition) is 0. The summed E-state index contributed by atoms with van der Waals surface area (Å²) < 4.78 is 203. The first-order chi connectivity index (χ1) is 15.8. The van der Waals surface area contributed by atoms with Crippen LogP contribution < -0.4 is 0 Å². The summed E-state index contributed by atoms with van der Waals surface area (Å²) in [5.74, 6) is 0. The Morgan fingerprint density at radius 3 is 0.806 bits per heavy atom. The van der Waals surface area contributed by atoms with E-state index in [1.807, 2.05) is 0 Å². The van der Waals surface area contributed by atoms with Crippen molar-refractivity contribution in [3.63, 3.8) is 0 Å². The van der Waals surface area contributed by atoms with Crippen LogP contribution in [0.15, 0.2) is 46.2 Å². The van der Waals surface area contributed by atoms with E-state index < -0.39 is 117 Å². The van der Waals surface area contributed by atoms with Crippen LogP contribution in [0, 0.1) is 4.91 Å². The molecule has 0 unspecified atom stereocenters. The molecule has 0 atom stereocenters. The van der Waals surface area contributed by atoms with Gasteiger partial charge in [0.05, 0.1) is 27.2 Å². The fraction of sp³-hybridized carbons (Fsp3) is 0.250. The van der Waals surface area contributed by atoms with Gasteiger partial charge in [-0.05, 0) is 36.4 Å². The van der Waals surface area contributed by atoms with Gasteiger partial charge in [0.2, 0.25) is 0 Å². The van der Waals surface area contributed by atoms with Crippen LogP contribution in [-0.2, 0) is 44.8 Å². The second-order valence-electron chi connectivity index (χ2n) is 6.66. The predicted octanol–water partition coefficient (Wildman–Crippen LogP) is 5.62. The lowest BCUT2D eigenvalue weighted by Crippen LogP contribution is -2.27. The average molecular weight is 584 g/mol. The molecule has 0 aliphatic heterocycles. The molecule has 0 saturated carbocycles. The van der Waals surface area contributed by atoms with Gasteiger partial charge in [0.1, 0.15) is 9.79 Å². The highest BCUT2D eigenvalue weighted by Gasteiger charge is 2.50. The molecule has 0 aliphatic carbocycles. The maximum atomic E-state index is 13.0. The van der Waals surface area contributed by atoms with Crippen molar-refractivity contribution in [3.05, 3.63) is 63.6 Å². The molecular formula is C16H6F12NO5S2+. The Balaban J connectivity index is 2.80. The highest BCUT2D eigenvalue weighted by atomic mass is 32.3. The van der Waals surface area contributed by atoms with E-state index in [0.717, 1.165) is 0 Å². The summed E-state index contributed by atoms with van der Waals surface area (Å²) >= 11 is 0. The molecule has 0 fully saturated rings. The first-order valence-corrected chi connectivity index (χ1v) is 11.2. The molecule has 0 aliphatic rings. The van der Waals surface area contributed by atoms with Crippen LogP contribution in [0.1, 0.15) is 22.3 Å². The minimum atomic E-state index is -6.48. The van der Waals surface area contributed by atoms with Gasteiger partial charge in [-0.15, -0.1) is 0 Å². The van der Waals surface area contributed by atoms with Crippen molar-refractivity contribution < 1.29 is 73.1 Å². The minimum Gasteiger partial charge on any atom is -0.166 e. The van der Waals surface area contributed by atoms with Gasteiger partial charge in [-0.1, -0.05) is 0 Å². The molecule has 2 aromatic rings. The Bertz CT molecular complexity index is 1250. The minimum absolute atomic E-state index is 0.585. The van der Waals surface area contributed by atoms with Crippen molar-refractivity contribution in [2.24, 2.45) is 0 Å². The van der Waals surface area contributed by atoms with Gasteiger partial charge in [0.15, 0.2) is 0 Å². The van der Waals surface area contributed by atoms with Crippen molar-refractivity contribution >= 4 is 20.0 Å². The second-order valence-corrected chi connectivity index (χ2v) is 10.4. The third-order valence-electron chi connectivity index (χ3n) is 4.11. The fourth-order valence-corrected chi connectivity index (χ4v) is 5.45. The Labute approximate surface area is 191 Å². The SMILES string of the molecule is O=[N+](S(=O)(=O)c1cc(C(F)(F)F)cc(C(F)(F)F)c1)S(=O)(=O)c1cc(C(F)(F)F)cc(C(F)(F)F)c1.